The summed E-state index contributed by atoms with van der Waals surface area (Å²) in [5.74, 6) is 4.77. The number of allylic oxidation sites excluding steroid dienone is 1. The molecule has 3 amide bonds. The van der Waals surface area contributed by atoms with Gasteiger partial charge in [-0.15, -0.1) is 0 Å². The third-order valence-electron chi connectivity index (χ3n) is 15.3. The molecule has 3 saturated carbocycles. The van der Waals surface area contributed by atoms with Gasteiger partial charge >= 0.3 is 6.09 Å². The SMILES string of the molecule is CC(C)CCC[C@@H](C)[C@H]1CCC2C3CC=C4C[C@@H](NC(=O)CCNC(=O)CCOC(=O)NCC5c6ccccc6-c6ccccc65)CC[C@]4(C)C3CC[C@@]21C. The molecule has 0 heterocycles. The van der Waals surface area contributed by atoms with Gasteiger partial charge in [-0.2, -0.15) is 0 Å². The molecule has 3 unspecified atom stereocenters. The topological polar surface area (TPSA) is 96.5 Å². The Morgan fingerprint density at radius 3 is 2.27 bits per heavy atom. The average molecular weight is 750 g/mol. The number of carbonyl (C=O) groups excluding carboxylic acids is 3. The minimum Gasteiger partial charge on any atom is -0.449 e. The Hall–Kier alpha value is -3.61. The van der Waals surface area contributed by atoms with Crippen LogP contribution in [0.4, 0.5) is 4.79 Å². The van der Waals surface area contributed by atoms with Crippen LogP contribution in [0, 0.1) is 46.3 Å². The van der Waals surface area contributed by atoms with Crippen LogP contribution in [-0.2, 0) is 14.3 Å². The van der Waals surface area contributed by atoms with Gasteiger partial charge in [0.05, 0.1) is 6.42 Å². The maximum Gasteiger partial charge on any atom is 0.407 e. The number of hydrogen-bond acceptors (Lipinski definition) is 4. The molecule has 7 rings (SSSR count). The van der Waals surface area contributed by atoms with E-state index in [2.05, 4.69) is 80.9 Å². The van der Waals surface area contributed by atoms with E-state index in [4.69, 9.17) is 4.74 Å². The predicted octanol–water partition coefficient (Wildman–Crippen LogP) is 9.95. The van der Waals surface area contributed by atoms with Crippen LogP contribution in [0.5, 0.6) is 0 Å². The van der Waals surface area contributed by atoms with Crippen LogP contribution in [-0.4, -0.2) is 43.6 Å². The Morgan fingerprint density at radius 2 is 1.55 bits per heavy atom. The molecule has 0 saturated heterocycles. The van der Waals surface area contributed by atoms with Gasteiger partial charge in [0.2, 0.25) is 11.8 Å². The molecule has 5 aliphatic carbocycles. The summed E-state index contributed by atoms with van der Waals surface area (Å²) in [5, 5.41) is 9.01. The number of benzene rings is 2. The highest BCUT2D eigenvalue weighted by Crippen LogP contribution is 2.67. The number of rotatable bonds is 14. The third kappa shape index (κ3) is 8.28. The van der Waals surface area contributed by atoms with Gasteiger partial charge in [-0.25, -0.2) is 4.79 Å². The lowest BCUT2D eigenvalue weighted by atomic mass is 9.47. The van der Waals surface area contributed by atoms with Crippen molar-refractivity contribution < 1.29 is 19.1 Å². The Morgan fingerprint density at radius 1 is 0.818 bits per heavy atom. The van der Waals surface area contributed by atoms with Crippen LogP contribution in [0.25, 0.3) is 11.1 Å². The highest BCUT2D eigenvalue weighted by molar-refractivity contribution is 5.80. The van der Waals surface area contributed by atoms with Crippen molar-refractivity contribution in [2.45, 2.75) is 130 Å². The first-order valence-corrected chi connectivity index (χ1v) is 21.8. The second-order valence-corrected chi connectivity index (χ2v) is 18.9. The maximum absolute atomic E-state index is 13.0. The summed E-state index contributed by atoms with van der Waals surface area (Å²) >= 11 is 0. The molecule has 3 N–H and O–H groups in total. The zero-order valence-corrected chi connectivity index (χ0v) is 34.3. The van der Waals surface area contributed by atoms with Crippen molar-refractivity contribution >= 4 is 17.9 Å². The van der Waals surface area contributed by atoms with Crippen molar-refractivity contribution in [3.63, 3.8) is 0 Å². The van der Waals surface area contributed by atoms with Gasteiger partial charge in [-0.3, -0.25) is 9.59 Å². The molecule has 0 bridgehead atoms. The summed E-state index contributed by atoms with van der Waals surface area (Å²) in [6, 6.07) is 16.7. The smallest absolute Gasteiger partial charge is 0.407 e. The van der Waals surface area contributed by atoms with Crippen molar-refractivity contribution in [2.75, 3.05) is 19.7 Å². The van der Waals surface area contributed by atoms with Gasteiger partial charge in [0.15, 0.2) is 0 Å². The lowest BCUT2D eigenvalue weighted by Crippen LogP contribution is -2.52. The molecule has 0 radical (unpaired) electrons. The molecule has 298 valence electrons. The van der Waals surface area contributed by atoms with Crippen LogP contribution in [0.3, 0.4) is 0 Å². The minimum atomic E-state index is -0.534. The molecule has 3 fully saturated rings. The van der Waals surface area contributed by atoms with E-state index >= 15 is 0 Å². The highest BCUT2D eigenvalue weighted by atomic mass is 16.5. The first kappa shape index (κ1) is 39.6. The number of hydrogen-bond donors (Lipinski definition) is 3. The van der Waals surface area contributed by atoms with E-state index in [0.717, 1.165) is 54.8 Å². The van der Waals surface area contributed by atoms with Gasteiger partial charge in [-0.05, 0) is 120 Å². The number of fused-ring (bicyclic) bond motifs is 8. The van der Waals surface area contributed by atoms with Crippen molar-refractivity contribution in [2.24, 2.45) is 46.3 Å². The van der Waals surface area contributed by atoms with E-state index in [1.54, 1.807) is 5.57 Å². The van der Waals surface area contributed by atoms with Gasteiger partial charge < -0.3 is 20.7 Å². The number of nitrogens with one attached hydrogen (secondary N) is 3. The zero-order valence-electron chi connectivity index (χ0n) is 34.3. The summed E-state index contributed by atoms with van der Waals surface area (Å²) in [7, 11) is 0. The van der Waals surface area contributed by atoms with Crippen molar-refractivity contribution in [1.29, 1.82) is 0 Å². The molecule has 55 heavy (non-hydrogen) atoms. The third-order valence-corrected chi connectivity index (χ3v) is 15.3. The molecule has 2 aromatic carbocycles. The predicted molar refractivity (Wildman–Crippen MR) is 220 cm³/mol. The fourth-order valence-electron chi connectivity index (χ4n) is 12.5. The van der Waals surface area contributed by atoms with E-state index in [9.17, 15) is 14.4 Å². The molecular weight excluding hydrogens is 683 g/mol. The van der Waals surface area contributed by atoms with Crippen molar-refractivity contribution in [1.82, 2.24) is 16.0 Å². The normalized spacial score (nSPS) is 29.9. The lowest BCUT2D eigenvalue weighted by molar-refractivity contribution is -0.123. The summed E-state index contributed by atoms with van der Waals surface area (Å²) < 4.78 is 5.32. The maximum atomic E-state index is 13.0. The molecule has 7 nitrogen and oxygen atoms in total. The monoisotopic (exact) mass is 750 g/mol. The van der Waals surface area contributed by atoms with Gasteiger partial charge in [0, 0.05) is 31.5 Å². The number of alkyl carbamates (subject to hydrolysis) is 1. The molecular formula is C48H67N3O4. The molecule has 5 aliphatic rings. The Labute approximate surface area is 330 Å². The van der Waals surface area contributed by atoms with E-state index in [0.29, 0.717) is 12.0 Å². The zero-order chi connectivity index (χ0) is 38.7. The highest BCUT2D eigenvalue weighted by Gasteiger charge is 2.59. The Kier molecular flexibility index (Phi) is 12.1. The first-order valence-electron chi connectivity index (χ1n) is 21.8. The lowest BCUT2D eigenvalue weighted by Gasteiger charge is -2.58. The first-order chi connectivity index (χ1) is 26.5. The van der Waals surface area contributed by atoms with E-state index in [1.165, 1.54) is 73.6 Å². The minimum absolute atomic E-state index is 0.0122. The van der Waals surface area contributed by atoms with E-state index in [-0.39, 0.29) is 55.2 Å². The molecule has 0 aromatic heterocycles. The molecule has 0 spiro atoms. The second-order valence-electron chi connectivity index (χ2n) is 18.9. The largest absolute Gasteiger partial charge is 0.449 e. The quantitative estimate of drug-likeness (QED) is 0.168. The molecule has 8 atom stereocenters. The van der Waals surface area contributed by atoms with Crippen molar-refractivity contribution in [3.05, 3.63) is 71.3 Å². The molecule has 7 heteroatoms. The van der Waals surface area contributed by atoms with Crippen LogP contribution in [0.2, 0.25) is 0 Å². The second kappa shape index (κ2) is 16.9. The van der Waals surface area contributed by atoms with Crippen LogP contribution < -0.4 is 16.0 Å². The fourth-order valence-corrected chi connectivity index (χ4v) is 12.5. The summed E-state index contributed by atoms with van der Waals surface area (Å²) in [6.07, 6.45) is 16.4. The number of ether oxygens (including phenoxy) is 1. The van der Waals surface area contributed by atoms with Gasteiger partial charge in [0.25, 0.3) is 0 Å². The summed E-state index contributed by atoms with van der Waals surface area (Å²) in [5.41, 5.74) is 7.13. The standard InChI is InChI=1S/C48H67N3O4/c1-31(2)11-10-12-32(3)41-19-20-42-39-18-17-33-29-34(21-25-47(33,4)43(39)22-26-48(41,42)5)51-45(53)23-27-49-44(52)24-28-55-46(54)50-30-40-37-15-8-6-13-35(37)36-14-7-9-16-38(36)40/h6-9,13-17,31-32,34,39-43H,10-12,18-30H2,1-5H3,(H,49,52)(H,50,54)(H,51,53)/t32-,34+,39?,41-,42?,43?,47+,48-/m1/s1. The van der Waals surface area contributed by atoms with Gasteiger partial charge in [-0.1, -0.05) is 114 Å². The summed E-state index contributed by atoms with van der Waals surface area (Å²) in [6.45, 7) is 13.2. The van der Waals surface area contributed by atoms with Crippen LogP contribution >= 0.6 is 0 Å². The van der Waals surface area contributed by atoms with Crippen molar-refractivity contribution in [3.8, 4) is 11.1 Å². The van der Waals surface area contributed by atoms with Crippen LogP contribution in [0.15, 0.2) is 60.2 Å². The van der Waals surface area contributed by atoms with Crippen LogP contribution in [0.1, 0.15) is 135 Å². The molecule has 2 aromatic rings. The number of carbonyl (C=O) groups is 3. The fraction of sp³-hybridized carbons (Fsp3) is 0.646. The average Bonchev–Trinajstić information content (AvgIpc) is 3.68. The van der Waals surface area contributed by atoms with Gasteiger partial charge in [0.1, 0.15) is 6.61 Å². The Balaban J connectivity index is 0.804. The van der Waals surface area contributed by atoms with E-state index in [1.807, 2.05) is 24.3 Å². The molecule has 0 aliphatic heterocycles. The van der Waals surface area contributed by atoms with E-state index < -0.39 is 6.09 Å². The Bertz CT molecular complexity index is 1690. The summed E-state index contributed by atoms with van der Waals surface area (Å²) in [4.78, 5) is 38.0. The number of amides is 3.